The number of hydrogen-bond acceptors (Lipinski definition) is 3. The van der Waals surface area contributed by atoms with E-state index in [9.17, 15) is 4.79 Å². The Labute approximate surface area is 154 Å². The minimum Gasteiger partial charge on any atom is -0.497 e. The number of carbonyl (C=O) groups excluding carboxylic acids is 1. The molecular formula is C18H27ClN4O2. The Hall–Kier alpha value is -1.95. The maximum absolute atomic E-state index is 12.1. The second-order valence-electron chi connectivity index (χ2n) is 5.92. The molecule has 138 valence electrons. The largest absolute Gasteiger partial charge is 0.497 e. The number of nitrogens with one attached hydrogen (secondary N) is 2. The van der Waals surface area contributed by atoms with E-state index in [2.05, 4.69) is 15.6 Å². The average Bonchev–Trinajstić information content (AvgIpc) is 3.15. The molecular weight excluding hydrogens is 340 g/mol. The molecule has 1 aromatic rings. The Morgan fingerprint density at radius 2 is 2.08 bits per heavy atom. The molecule has 1 heterocycles. The van der Waals surface area contributed by atoms with Gasteiger partial charge in [0.2, 0.25) is 5.91 Å². The van der Waals surface area contributed by atoms with E-state index in [0.29, 0.717) is 17.5 Å². The van der Waals surface area contributed by atoms with Gasteiger partial charge in [0.25, 0.3) is 0 Å². The number of aliphatic imine (C=N–C) groups is 1. The lowest BCUT2D eigenvalue weighted by Gasteiger charge is -2.15. The number of halogens is 1. The van der Waals surface area contributed by atoms with Gasteiger partial charge in [-0.15, -0.1) is 0 Å². The van der Waals surface area contributed by atoms with Crippen molar-refractivity contribution in [2.45, 2.75) is 26.2 Å². The molecule has 25 heavy (non-hydrogen) atoms. The lowest BCUT2D eigenvalue weighted by Crippen LogP contribution is -2.39. The first-order valence-corrected chi connectivity index (χ1v) is 9.14. The van der Waals surface area contributed by atoms with Crippen LogP contribution in [0.15, 0.2) is 23.2 Å². The Kier molecular flexibility index (Phi) is 7.85. The Morgan fingerprint density at radius 3 is 2.72 bits per heavy atom. The first-order chi connectivity index (χ1) is 12.1. The summed E-state index contributed by atoms with van der Waals surface area (Å²) in [4.78, 5) is 18.4. The van der Waals surface area contributed by atoms with Crippen LogP contribution in [-0.4, -0.2) is 56.6 Å². The fraction of sp³-hybridized carbons (Fsp3) is 0.556. The van der Waals surface area contributed by atoms with Gasteiger partial charge in [0, 0.05) is 31.2 Å². The summed E-state index contributed by atoms with van der Waals surface area (Å²) in [5.74, 6) is 1.49. The normalized spacial score (nSPS) is 14.5. The molecule has 2 N–H and O–H groups in total. The molecule has 1 fully saturated rings. The van der Waals surface area contributed by atoms with Crippen LogP contribution in [0, 0.1) is 0 Å². The summed E-state index contributed by atoms with van der Waals surface area (Å²) < 4.78 is 5.16. The Balaban J connectivity index is 1.84. The summed E-state index contributed by atoms with van der Waals surface area (Å²) in [5, 5.41) is 7.10. The second-order valence-corrected chi connectivity index (χ2v) is 6.32. The van der Waals surface area contributed by atoms with Crippen molar-refractivity contribution >= 4 is 23.5 Å². The number of methoxy groups -OCH3 is 1. The van der Waals surface area contributed by atoms with Gasteiger partial charge in [0.15, 0.2) is 5.96 Å². The maximum Gasteiger partial charge on any atom is 0.244 e. The lowest BCUT2D eigenvalue weighted by atomic mass is 10.1. The van der Waals surface area contributed by atoms with Crippen molar-refractivity contribution in [3.05, 3.63) is 28.8 Å². The standard InChI is InChI=1S/C18H27ClN4O2/c1-3-20-18(22-13-17(24)23-10-4-5-11-23)21-9-8-14-6-7-15(25-2)12-16(14)19/h6-7,12H,3-5,8-11,13H2,1-2H3,(H2,20,21,22). The fourth-order valence-electron chi connectivity index (χ4n) is 2.73. The summed E-state index contributed by atoms with van der Waals surface area (Å²) >= 11 is 6.26. The predicted molar refractivity (Wildman–Crippen MR) is 102 cm³/mol. The summed E-state index contributed by atoms with van der Waals surface area (Å²) in [7, 11) is 1.62. The number of likely N-dealkylation sites (tertiary alicyclic amines) is 1. The van der Waals surface area contributed by atoms with Gasteiger partial charge in [0.05, 0.1) is 7.11 Å². The second kappa shape index (κ2) is 10.1. The fourth-order valence-corrected chi connectivity index (χ4v) is 2.99. The van der Waals surface area contributed by atoms with Gasteiger partial charge in [-0.3, -0.25) is 4.79 Å². The van der Waals surface area contributed by atoms with Crippen LogP contribution in [0.25, 0.3) is 0 Å². The molecule has 1 aromatic carbocycles. The van der Waals surface area contributed by atoms with Crippen molar-refractivity contribution in [2.75, 3.05) is 39.8 Å². The molecule has 1 aliphatic rings. The number of hydrogen-bond donors (Lipinski definition) is 2. The summed E-state index contributed by atoms with van der Waals surface area (Å²) in [6, 6.07) is 5.67. The zero-order valence-corrected chi connectivity index (χ0v) is 15.7. The molecule has 1 aliphatic heterocycles. The Bertz CT molecular complexity index is 601. The number of rotatable bonds is 7. The van der Waals surface area contributed by atoms with Crippen LogP contribution in [0.3, 0.4) is 0 Å². The van der Waals surface area contributed by atoms with Crippen LogP contribution < -0.4 is 15.4 Å². The molecule has 7 heteroatoms. The number of ether oxygens (including phenoxy) is 1. The van der Waals surface area contributed by atoms with E-state index in [-0.39, 0.29) is 12.5 Å². The van der Waals surface area contributed by atoms with Gasteiger partial charge in [-0.25, -0.2) is 4.99 Å². The van der Waals surface area contributed by atoms with Crippen LogP contribution in [0.1, 0.15) is 25.3 Å². The molecule has 1 amide bonds. The van der Waals surface area contributed by atoms with Crippen molar-refractivity contribution < 1.29 is 9.53 Å². The Morgan fingerprint density at radius 1 is 1.32 bits per heavy atom. The predicted octanol–water partition coefficient (Wildman–Crippen LogP) is 2.07. The van der Waals surface area contributed by atoms with Gasteiger partial charge in [-0.2, -0.15) is 0 Å². The highest BCUT2D eigenvalue weighted by atomic mass is 35.5. The van der Waals surface area contributed by atoms with Gasteiger partial charge in [-0.1, -0.05) is 17.7 Å². The monoisotopic (exact) mass is 366 g/mol. The van der Waals surface area contributed by atoms with E-state index in [1.54, 1.807) is 7.11 Å². The van der Waals surface area contributed by atoms with Crippen molar-refractivity contribution in [3.8, 4) is 5.75 Å². The van der Waals surface area contributed by atoms with E-state index in [4.69, 9.17) is 16.3 Å². The molecule has 1 saturated heterocycles. The minimum atomic E-state index is 0.0906. The van der Waals surface area contributed by atoms with Crippen LogP contribution in [0.5, 0.6) is 5.75 Å². The molecule has 0 spiro atoms. The third-order valence-corrected chi connectivity index (χ3v) is 4.47. The van der Waals surface area contributed by atoms with Crippen molar-refractivity contribution in [1.82, 2.24) is 15.5 Å². The number of carbonyl (C=O) groups is 1. The molecule has 0 aromatic heterocycles. The SMILES string of the molecule is CCNC(=NCC(=O)N1CCCC1)NCCc1ccc(OC)cc1Cl. The van der Waals surface area contributed by atoms with Crippen molar-refractivity contribution in [1.29, 1.82) is 0 Å². The summed E-state index contributed by atoms with van der Waals surface area (Å²) in [6.07, 6.45) is 2.94. The topological polar surface area (TPSA) is 66.0 Å². The van der Waals surface area contributed by atoms with E-state index in [0.717, 1.165) is 50.2 Å². The number of guanidine groups is 1. The summed E-state index contributed by atoms with van der Waals surface area (Å²) in [6.45, 7) is 5.31. The van der Waals surface area contributed by atoms with Gasteiger partial charge in [0.1, 0.15) is 12.3 Å². The van der Waals surface area contributed by atoms with Crippen LogP contribution in [0.4, 0.5) is 0 Å². The third-order valence-electron chi connectivity index (χ3n) is 4.12. The number of amides is 1. The van der Waals surface area contributed by atoms with Gasteiger partial charge >= 0.3 is 0 Å². The molecule has 2 rings (SSSR count). The van der Waals surface area contributed by atoms with Crippen LogP contribution in [-0.2, 0) is 11.2 Å². The highest BCUT2D eigenvalue weighted by molar-refractivity contribution is 6.31. The van der Waals surface area contributed by atoms with Crippen molar-refractivity contribution in [2.24, 2.45) is 4.99 Å². The van der Waals surface area contributed by atoms with E-state index < -0.39 is 0 Å². The number of nitrogens with zero attached hydrogens (tertiary/aromatic N) is 2. The highest BCUT2D eigenvalue weighted by Crippen LogP contribution is 2.22. The van der Waals surface area contributed by atoms with E-state index >= 15 is 0 Å². The van der Waals surface area contributed by atoms with Crippen LogP contribution in [0.2, 0.25) is 5.02 Å². The van der Waals surface area contributed by atoms with E-state index in [1.807, 2.05) is 30.0 Å². The molecule has 0 aliphatic carbocycles. The van der Waals surface area contributed by atoms with E-state index in [1.165, 1.54) is 0 Å². The zero-order chi connectivity index (χ0) is 18.1. The van der Waals surface area contributed by atoms with Gasteiger partial charge in [-0.05, 0) is 43.9 Å². The summed E-state index contributed by atoms with van der Waals surface area (Å²) in [5.41, 5.74) is 1.04. The zero-order valence-electron chi connectivity index (χ0n) is 15.0. The molecule has 0 saturated carbocycles. The van der Waals surface area contributed by atoms with Crippen molar-refractivity contribution in [3.63, 3.8) is 0 Å². The molecule has 0 radical (unpaired) electrons. The third kappa shape index (κ3) is 6.12. The number of benzene rings is 1. The van der Waals surface area contributed by atoms with Gasteiger partial charge < -0.3 is 20.3 Å². The molecule has 6 nitrogen and oxygen atoms in total. The molecule has 0 bridgehead atoms. The maximum atomic E-state index is 12.1. The van der Waals surface area contributed by atoms with Crippen LogP contribution >= 0.6 is 11.6 Å². The minimum absolute atomic E-state index is 0.0906. The molecule has 0 atom stereocenters. The first kappa shape index (κ1) is 19.4. The quantitative estimate of drug-likeness (QED) is 0.572. The first-order valence-electron chi connectivity index (χ1n) is 8.76. The lowest BCUT2D eigenvalue weighted by molar-refractivity contribution is -0.128. The average molecular weight is 367 g/mol. The smallest absolute Gasteiger partial charge is 0.244 e. The molecule has 0 unspecified atom stereocenters. The highest BCUT2D eigenvalue weighted by Gasteiger charge is 2.17.